The maximum Gasteiger partial charge on any atom is 0.248 e. The van der Waals surface area contributed by atoms with E-state index in [1.165, 1.54) is 0 Å². The molecule has 1 N–H and O–H groups in total. The summed E-state index contributed by atoms with van der Waals surface area (Å²) in [4.78, 5) is 13.0. The standard InChI is InChI=1S/C13H25NO3/c1-3-11(2)17-9-6-12-4-7-14(8-5-12)13(16)10-15/h11-12,15H,3-10H2,1-2H3. The van der Waals surface area contributed by atoms with E-state index in [0.29, 0.717) is 12.0 Å². The summed E-state index contributed by atoms with van der Waals surface area (Å²) in [6.45, 7) is 6.27. The molecule has 0 radical (unpaired) electrons. The first kappa shape index (κ1) is 14.5. The van der Waals surface area contributed by atoms with Gasteiger partial charge < -0.3 is 14.7 Å². The molecule has 100 valence electrons. The Labute approximate surface area is 104 Å². The summed E-state index contributed by atoms with van der Waals surface area (Å²) in [7, 11) is 0. The van der Waals surface area contributed by atoms with Gasteiger partial charge in [-0.15, -0.1) is 0 Å². The Bertz CT molecular complexity index is 225. The number of hydrogen-bond acceptors (Lipinski definition) is 3. The van der Waals surface area contributed by atoms with Crippen molar-refractivity contribution >= 4 is 5.91 Å². The van der Waals surface area contributed by atoms with E-state index in [-0.39, 0.29) is 12.5 Å². The Morgan fingerprint density at radius 3 is 2.65 bits per heavy atom. The minimum Gasteiger partial charge on any atom is -0.387 e. The van der Waals surface area contributed by atoms with E-state index in [0.717, 1.165) is 45.4 Å². The maximum absolute atomic E-state index is 11.3. The van der Waals surface area contributed by atoms with Crippen molar-refractivity contribution in [2.75, 3.05) is 26.3 Å². The van der Waals surface area contributed by atoms with Crippen LogP contribution in [0.5, 0.6) is 0 Å². The van der Waals surface area contributed by atoms with Crippen LogP contribution in [0.2, 0.25) is 0 Å². The Morgan fingerprint density at radius 1 is 1.47 bits per heavy atom. The normalized spacial score (nSPS) is 19.4. The van der Waals surface area contributed by atoms with Crippen molar-refractivity contribution in [1.29, 1.82) is 0 Å². The molecule has 0 aliphatic carbocycles. The van der Waals surface area contributed by atoms with E-state index in [9.17, 15) is 4.79 Å². The fraction of sp³-hybridized carbons (Fsp3) is 0.923. The Balaban J connectivity index is 2.13. The lowest BCUT2D eigenvalue weighted by Crippen LogP contribution is -2.40. The van der Waals surface area contributed by atoms with E-state index in [1.807, 2.05) is 0 Å². The number of hydrogen-bond donors (Lipinski definition) is 1. The summed E-state index contributed by atoms with van der Waals surface area (Å²) in [6, 6.07) is 0. The van der Waals surface area contributed by atoms with Crippen molar-refractivity contribution in [2.45, 2.75) is 45.6 Å². The second-order valence-electron chi connectivity index (χ2n) is 4.86. The van der Waals surface area contributed by atoms with E-state index in [1.54, 1.807) is 4.90 Å². The van der Waals surface area contributed by atoms with Crippen molar-refractivity contribution in [3.8, 4) is 0 Å². The first-order valence-electron chi connectivity index (χ1n) is 6.67. The molecule has 1 aliphatic heterocycles. The van der Waals surface area contributed by atoms with Crippen LogP contribution in [0.25, 0.3) is 0 Å². The molecule has 4 heteroatoms. The van der Waals surface area contributed by atoms with Crippen molar-refractivity contribution in [3.63, 3.8) is 0 Å². The molecule has 0 bridgehead atoms. The smallest absolute Gasteiger partial charge is 0.248 e. The molecule has 1 unspecified atom stereocenters. The summed E-state index contributed by atoms with van der Waals surface area (Å²) in [5.74, 6) is 0.529. The number of aliphatic hydroxyl groups is 1. The molecule has 1 amide bonds. The van der Waals surface area contributed by atoms with Crippen LogP contribution in [0.1, 0.15) is 39.5 Å². The Kier molecular flexibility index (Phi) is 6.52. The third-order valence-electron chi connectivity index (χ3n) is 3.61. The minimum atomic E-state index is -0.359. The van der Waals surface area contributed by atoms with E-state index in [2.05, 4.69) is 13.8 Å². The summed E-state index contributed by atoms with van der Waals surface area (Å²) >= 11 is 0. The largest absolute Gasteiger partial charge is 0.387 e. The highest BCUT2D eigenvalue weighted by atomic mass is 16.5. The first-order chi connectivity index (χ1) is 8.17. The molecule has 17 heavy (non-hydrogen) atoms. The van der Waals surface area contributed by atoms with Crippen molar-refractivity contribution in [2.24, 2.45) is 5.92 Å². The molecule has 0 aromatic heterocycles. The maximum atomic E-state index is 11.3. The predicted molar refractivity (Wildman–Crippen MR) is 66.7 cm³/mol. The van der Waals surface area contributed by atoms with Gasteiger partial charge in [0.15, 0.2) is 0 Å². The highest BCUT2D eigenvalue weighted by molar-refractivity contribution is 5.77. The topological polar surface area (TPSA) is 49.8 Å². The molecule has 0 spiro atoms. The Hall–Kier alpha value is -0.610. The summed E-state index contributed by atoms with van der Waals surface area (Å²) < 4.78 is 5.67. The fourth-order valence-electron chi connectivity index (χ4n) is 2.12. The molecule has 1 fully saturated rings. The molecule has 1 heterocycles. The minimum absolute atomic E-state index is 0.140. The van der Waals surface area contributed by atoms with Crippen molar-refractivity contribution in [3.05, 3.63) is 0 Å². The number of nitrogens with zero attached hydrogens (tertiary/aromatic N) is 1. The molecule has 1 aliphatic rings. The van der Waals surface area contributed by atoms with E-state index < -0.39 is 0 Å². The van der Waals surface area contributed by atoms with Crippen LogP contribution in [0.15, 0.2) is 0 Å². The van der Waals surface area contributed by atoms with Gasteiger partial charge in [0.25, 0.3) is 0 Å². The first-order valence-corrected chi connectivity index (χ1v) is 6.67. The summed E-state index contributed by atoms with van der Waals surface area (Å²) in [6.07, 6.45) is 4.58. The monoisotopic (exact) mass is 243 g/mol. The van der Waals surface area contributed by atoms with E-state index >= 15 is 0 Å². The van der Waals surface area contributed by atoms with Crippen molar-refractivity contribution in [1.82, 2.24) is 4.90 Å². The van der Waals surface area contributed by atoms with Gasteiger partial charge in [-0.2, -0.15) is 0 Å². The number of rotatable bonds is 6. The lowest BCUT2D eigenvalue weighted by Gasteiger charge is -2.31. The zero-order valence-corrected chi connectivity index (χ0v) is 11.0. The van der Waals surface area contributed by atoms with Crippen LogP contribution >= 0.6 is 0 Å². The second kappa shape index (κ2) is 7.67. The molecule has 4 nitrogen and oxygen atoms in total. The quantitative estimate of drug-likeness (QED) is 0.767. The number of piperidine rings is 1. The van der Waals surface area contributed by atoms with Gasteiger partial charge >= 0.3 is 0 Å². The lowest BCUT2D eigenvalue weighted by atomic mass is 9.94. The van der Waals surface area contributed by atoms with Gasteiger partial charge in [0, 0.05) is 19.7 Å². The fourth-order valence-corrected chi connectivity index (χ4v) is 2.12. The SMILES string of the molecule is CCC(C)OCCC1CCN(C(=O)CO)CC1. The number of likely N-dealkylation sites (tertiary alicyclic amines) is 1. The summed E-state index contributed by atoms with van der Waals surface area (Å²) in [5, 5.41) is 8.77. The highest BCUT2D eigenvalue weighted by Gasteiger charge is 2.21. The zero-order chi connectivity index (χ0) is 12.7. The molecule has 0 aromatic rings. The van der Waals surface area contributed by atoms with Gasteiger partial charge in [-0.05, 0) is 38.5 Å². The predicted octanol–water partition coefficient (Wildman–Crippen LogP) is 1.42. The number of ether oxygens (including phenoxy) is 1. The van der Waals surface area contributed by atoms with Crippen LogP contribution in [0.4, 0.5) is 0 Å². The van der Waals surface area contributed by atoms with Gasteiger partial charge in [-0.25, -0.2) is 0 Å². The molecule has 1 rings (SSSR count). The molecule has 1 saturated heterocycles. The van der Waals surface area contributed by atoms with Gasteiger partial charge in [0.05, 0.1) is 6.10 Å². The lowest BCUT2D eigenvalue weighted by molar-refractivity contribution is -0.135. The summed E-state index contributed by atoms with van der Waals surface area (Å²) in [5.41, 5.74) is 0. The molecular formula is C13H25NO3. The highest BCUT2D eigenvalue weighted by Crippen LogP contribution is 2.20. The molecular weight excluding hydrogens is 218 g/mol. The van der Waals surface area contributed by atoms with Crippen molar-refractivity contribution < 1.29 is 14.6 Å². The number of carbonyl (C=O) groups excluding carboxylic acids is 1. The third kappa shape index (κ3) is 5.04. The molecule has 1 atom stereocenters. The van der Waals surface area contributed by atoms with Crippen LogP contribution in [-0.2, 0) is 9.53 Å². The number of aliphatic hydroxyl groups excluding tert-OH is 1. The molecule has 0 saturated carbocycles. The number of carbonyl (C=O) groups is 1. The van der Waals surface area contributed by atoms with Gasteiger partial charge in [0.2, 0.25) is 5.91 Å². The van der Waals surface area contributed by atoms with Crippen LogP contribution in [0.3, 0.4) is 0 Å². The third-order valence-corrected chi connectivity index (χ3v) is 3.61. The van der Waals surface area contributed by atoms with Crippen LogP contribution < -0.4 is 0 Å². The second-order valence-corrected chi connectivity index (χ2v) is 4.86. The number of amides is 1. The van der Waals surface area contributed by atoms with E-state index in [4.69, 9.17) is 9.84 Å². The van der Waals surface area contributed by atoms with Gasteiger partial charge in [-0.1, -0.05) is 6.92 Å². The van der Waals surface area contributed by atoms with Gasteiger partial charge in [0.1, 0.15) is 6.61 Å². The van der Waals surface area contributed by atoms with Gasteiger partial charge in [-0.3, -0.25) is 4.79 Å². The average molecular weight is 243 g/mol. The van der Waals surface area contributed by atoms with Crippen LogP contribution in [0, 0.1) is 5.92 Å². The zero-order valence-electron chi connectivity index (χ0n) is 11.0. The Morgan fingerprint density at radius 2 is 2.12 bits per heavy atom. The average Bonchev–Trinajstić information content (AvgIpc) is 2.38. The van der Waals surface area contributed by atoms with Crippen LogP contribution in [-0.4, -0.2) is 48.3 Å². The molecule has 0 aromatic carbocycles.